The zero-order valence-electron chi connectivity index (χ0n) is 71.7. The molecule has 29 nitrogen and oxygen atoms in total. The van der Waals surface area contributed by atoms with Crippen molar-refractivity contribution < 1.29 is 66.7 Å². The van der Waals surface area contributed by atoms with Crippen LogP contribution in [0.1, 0.15) is 182 Å². The van der Waals surface area contributed by atoms with Crippen molar-refractivity contribution in [1.82, 2.24) is 65.6 Å². The molecule has 5 aromatic heterocycles. The highest BCUT2D eigenvalue weighted by molar-refractivity contribution is 8.69. The predicted molar refractivity (Wildman–Crippen MR) is 483 cm³/mol. The Morgan fingerprint density at radius 2 is 1.11 bits per heavy atom. The summed E-state index contributed by atoms with van der Waals surface area (Å²) in [5.74, 6) is 0.527. The number of carbonyl (C=O) groups excluding carboxylic acids is 7. The van der Waals surface area contributed by atoms with E-state index in [2.05, 4.69) is 86.0 Å². The maximum absolute atomic E-state index is 14.9. The van der Waals surface area contributed by atoms with E-state index in [1.54, 1.807) is 44.4 Å². The van der Waals surface area contributed by atoms with Crippen LogP contribution in [0.4, 0.5) is 4.79 Å². The van der Waals surface area contributed by atoms with Crippen LogP contribution in [-0.2, 0) is 68.5 Å². The third kappa shape index (κ3) is 25.9. The predicted octanol–water partition coefficient (Wildman–Crippen LogP) is 13.6. The fourth-order valence-electron chi connectivity index (χ4n) is 14.4. The highest BCUT2D eigenvalue weighted by atomic mass is 35.5. The van der Waals surface area contributed by atoms with E-state index in [1.165, 1.54) is 15.7 Å². The molecule has 0 radical (unpaired) electrons. The number of benzene rings is 3. The minimum Gasteiger partial charge on any atom is -0.433 e. The Morgan fingerprint density at radius 1 is 0.593 bits per heavy atom. The maximum atomic E-state index is 14.9. The lowest BCUT2D eigenvalue weighted by molar-refractivity contribution is -0.144. The fourth-order valence-corrected chi connectivity index (χ4v) is 18.2. The van der Waals surface area contributed by atoms with Gasteiger partial charge in [0.05, 0.1) is 111 Å². The fraction of sp³-hybridized carbons (Fsp3) is 0.517. The van der Waals surface area contributed by atoms with E-state index in [1.807, 2.05) is 137 Å². The molecule has 11 rings (SSSR count). The summed E-state index contributed by atoms with van der Waals surface area (Å²) in [5, 5.41) is 32.9. The molecule has 0 aliphatic carbocycles. The molecule has 8 heterocycles. The number of thiazole rings is 1. The minimum atomic E-state index is -1.12. The number of ether oxygens (including phenoxy) is 7. The van der Waals surface area contributed by atoms with E-state index in [4.69, 9.17) is 66.3 Å². The van der Waals surface area contributed by atoms with E-state index in [0.717, 1.165) is 92.7 Å². The number of aromatic nitrogens is 7. The number of rotatable bonds is 44. The maximum Gasteiger partial charge on any atom is 0.508 e. The number of thiophene rings is 2. The summed E-state index contributed by atoms with van der Waals surface area (Å²) in [4.78, 5) is 119. The molecule has 123 heavy (non-hydrogen) atoms. The smallest absolute Gasteiger partial charge is 0.433 e. The first-order valence-electron chi connectivity index (χ1n) is 41.4. The Kier molecular flexibility index (Phi) is 34.9. The molecule has 3 aliphatic rings. The summed E-state index contributed by atoms with van der Waals surface area (Å²) in [6, 6.07) is 19.5. The van der Waals surface area contributed by atoms with Gasteiger partial charge in [-0.2, -0.15) is 0 Å². The second-order valence-corrected chi connectivity index (χ2v) is 38.2. The zero-order valence-corrected chi connectivity index (χ0v) is 77.4. The van der Waals surface area contributed by atoms with Gasteiger partial charge in [-0.05, 0) is 140 Å². The molecule has 36 heteroatoms. The molecule has 4 N–H and O–H groups in total. The lowest BCUT2D eigenvalue weighted by atomic mass is 9.85. The van der Waals surface area contributed by atoms with Gasteiger partial charge in [-0.25, -0.2) is 9.78 Å². The molecule has 1 fully saturated rings. The number of aliphatic imine (C=N–C) groups is 2. The first kappa shape index (κ1) is 95.1. The number of unbranched alkanes of at least 4 members (excludes halogenated alkanes) is 2. The molecule has 0 unspecified atom stereocenters. The monoisotopic (exact) mass is 1820 g/mol. The second-order valence-electron chi connectivity index (χ2n) is 32.2. The zero-order chi connectivity index (χ0) is 88.1. The summed E-state index contributed by atoms with van der Waals surface area (Å²) in [7, 11) is 1.22. The van der Waals surface area contributed by atoms with Crippen molar-refractivity contribution in [3.63, 3.8) is 0 Å². The number of amides is 6. The highest BCUT2D eigenvalue weighted by Crippen LogP contribution is 2.43. The van der Waals surface area contributed by atoms with Gasteiger partial charge in [-0.3, -0.25) is 47.9 Å². The van der Waals surface area contributed by atoms with Gasteiger partial charge in [-0.1, -0.05) is 103 Å². The lowest BCUT2D eigenvalue weighted by Gasteiger charge is -2.35. The van der Waals surface area contributed by atoms with Crippen molar-refractivity contribution in [1.29, 1.82) is 0 Å². The Bertz CT molecular complexity index is 4820. The summed E-state index contributed by atoms with van der Waals surface area (Å²) in [5.41, 5.74) is 11.1. The molecule has 6 amide bonds. The van der Waals surface area contributed by atoms with Crippen molar-refractivity contribution in [2.45, 2.75) is 182 Å². The average Bonchev–Trinajstić information content (AvgIpc) is 1.59. The van der Waals surface area contributed by atoms with Crippen molar-refractivity contribution in [2.24, 2.45) is 15.4 Å². The van der Waals surface area contributed by atoms with Crippen LogP contribution in [0.2, 0.25) is 10.0 Å². The molecule has 8 aromatic rings. The summed E-state index contributed by atoms with van der Waals surface area (Å²) in [6.07, 6.45) is 0.457. The number of hydrogen-bond donors (Lipinski definition) is 5. The number of carbonyl (C=O) groups is 7. The minimum absolute atomic E-state index is 0.00149. The van der Waals surface area contributed by atoms with Gasteiger partial charge < -0.3 is 64.2 Å². The van der Waals surface area contributed by atoms with Gasteiger partial charge in [0.15, 0.2) is 11.6 Å². The molecule has 3 aromatic carbocycles. The number of aryl methyl sites for hydroxylation is 5. The van der Waals surface area contributed by atoms with E-state index in [-0.39, 0.29) is 142 Å². The van der Waals surface area contributed by atoms with E-state index in [9.17, 15) is 33.6 Å². The molecule has 0 spiro atoms. The second kappa shape index (κ2) is 45.1. The van der Waals surface area contributed by atoms with Crippen LogP contribution in [0.25, 0.3) is 20.4 Å². The Balaban J connectivity index is 0.630. The third-order valence-corrected chi connectivity index (χ3v) is 27.3. The van der Waals surface area contributed by atoms with Crippen molar-refractivity contribution in [3.8, 4) is 20.4 Å². The molecular formula is C87H111Cl2N15O14S5. The number of nitrogens with zero attached hydrogens (tertiary/aromatic N) is 11. The van der Waals surface area contributed by atoms with Crippen molar-refractivity contribution in [2.75, 3.05) is 105 Å². The van der Waals surface area contributed by atoms with Crippen LogP contribution >= 0.6 is 79.7 Å². The first-order valence-corrected chi connectivity index (χ1v) is 46.6. The van der Waals surface area contributed by atoms with E-state index in [0.29, 0.717) is 72.5 Å². The van der Waals surface area contributed by atoms with Gasteiger partial charge in [0.25, 0.3) is 0 Å². The number of hydrogen-bond acceptors (Lipinski definition) is 26. The molecule has 5 atom stereocenters. The van der Waals surface area contributed by atoms with Crippen molar-refractivity contribution >= 4 is 133 Å². The first-order chi connectivity index (χ1) is 59.0. The lowest BCUT2D eigenvalue weighted by Crippen LogP contribution is -2.57. The van der Waals surface area contributed by atoms with E-state index < -0.39 is 64.3 Å². The van der Waals surface area contributed by atoms with Crippen LogP contribution in [0, 0.1) is 53.9 Å². The normalized spacial score (nSPS) is 15.8. The summed E-state index contributed by atoms with van der Waals surface area (Å²) < 4.78 is 44.1. The standard InChI is InChI=1S/C87H111Cl2N15O14S5/c1-52-55(4)121-83-73(52)75(60-23-27-63(88)28-24-60)94-66(79-99-97-57(6)103(79)83)46-70(106)90-31-36-113-40-39-112-35-15-13-14-33-101(34-38-115-42-44-116-43-41-114-37-32-91-71(107)47-67-80-100-98-58(7)104(80)84-74(53(2)56(5)122-84)76(95-67)61-25-29-64(89)30-26-61)72(108)18-16-17-69(105)96-78(86(8,9)10)82(110)102-49-65(118-85(111)117-50-87(11,12)123-119)45-68(102)81(109)92-48-59-19-21-62(22-20-59)77-54(3)93-51-120-77/h19-30,51,65-68,78,119H,13-18,31-50H2,1-12H3,(H,90,106)(H,91,107)(H,92,109)(H,96,105)/t65-,66+,67+,68+,78-/m1/s1. The summed E-state index contributed by atoms with van der Waals surface area (Å²) >= 11 is 21.7. The highest BCUT2D eigenvalue weighted by Gasteiger charge is 2.47. The van der Waals surface area contributed by atoms with Crippen LogP contribution in [0.3, 0.4) is 0 Å². The van der Waals surface area contributed by atoms with Gasteiger partial charge in [0, 0.05) is 101 Å². The average molecular weight is 1820 g/mol. The van der Waals surface area contributed by atoms with Crippen LogP contribution in [-0.4, -0.2) is 226 Å². The largest absolute Gasteiger partial charge is 0.508 e. The Hall–Kier alpha value is -8.52. The molecule has 1 saturated heterocycles. The molecular weight excluding hydrogens is 1710 g/mol. The number of thiol groups is 1. The van der Waals surface area contributed by atoms with Crippen LogP contribution in [0.15, 0.2) is 88.3 Å². The molecule has 662 valence electrons. The number of fused-ring (bicyclic) bond motifs is 6. The Labute approximate surface area is 749 Å². The van der Waals surface area contributed by atoms with Crippen LogP contribution in [0.5, 0.6) is 0 Å². The number of halogens is 2. The van der Waals surface area contributed by atoms with Gasteiger partial charge in [-0.15, -0.1) is 66.1 Å². The van der Waals surface area contributed by atoms with Crippen LogP contribution < -0.4 is 21.3 Å². The molecule has 3 aliphatic heterocycles. The number of nitrogens with one attached hydrogen (secondary N) is 4. The third-order valence-electron chi connectivity index (χ3n) is 21.3. The molecule has 0 saturated carbocycles. The summed E-state index contributed by atoms with van der Waals surface area (Å²) in [6.45, 7) is 27.4. The molecule has 0 bridgehead atoms. The van der Waals surface area contributed by atoms with Crippen molar-refractivity contribution in [3.05, 3.63) is 166 Å². The van der Waals surface area contributed by atoms with E-state index >= 15 is 0 Å². The topological polar surface area (TPSA) is 338 Å². The van der Waals surface area contributed by atoms with Gasteiger partial charge >= 0.3 is 6.16 Å². The Morgan fingerprint density at radius 3 is 1.62 bits per heavy atom. The van der Waals surface area contributed by atoms with Gasteiger partial charge in [0.2, 0.25) is 35.4 Å². The van der Waals surface area contributed by atoms with Gasteiger partial charge in [0.1, 0.15) is 58.5 Å². The SMILES string of the molecule is Cc1ncsc1-c1ccc(CNC(=O)[C@@H]2C[C@@H](OC(=O)OCC(C)(C)SS)CN2C(=O)[C@@H](NC(=O)CCCC(=O)N(CCCCCOCCOCCNC(=O)C[C@@H]2N=C(c3ccc(Cl)cc3)c3c(sc(C)c3C)-n3c(C)nnc32)CCOCCOCCOCCNC(=O)C[C@@H]2N=C(c3ccc(Cl)cc3)c3c(sc(C)c3C)-n3c(C)nnc32)C(C)(C)C)cc1. The quantitative estimate of drug-likeness (QED) is 0.0102. The number of likely N-dealkylation sites (tertiary alicyclic amines) is 1.